The van der Waals surface area contributed by atoms with E-state index in [1.165, 1.54) is 6.20 Å². The van der Waals surface area contributed by atoms with E-state index in [1.54, 1.807) is 42.5 Å². The smallest absolute Gasteiger partial charge is 0.276 e. The van der Waals surface area contributed by atoms with Crippen molar-refractivity contribution in [1.29, 1.82) is 0 Å². The number of carbonyl (C=O) groups excluding carboxylic acids is 1. The minimum absolute atomic E-state index is 0.118. The summed E-state index contributed by atoms with van der Waals surface area (Å²) >= 11 is 7.11. The average molecular weight is 434 g/mol. The van der Waals surface area contributed by atoms with Gasteiger partial charge >= 0.3 is 0 Å². The number of rotatable bonds is 6. The van der Waals surface area contributed by atoms with E-state index in [0.717, 1.165) is 24.2 Å². The van der Waals surface area contributed by atoms with Gasteiger partial charge in [0, 0.05) is 17.1 Å². The zero-order chi connectivity index (χ0) is 19.7. The van der Waals surface area contributed by atoms with Gasteiger partial charge in [0.15, 0.2) is 15.0 Å². The molecule has 1 amide bonds. The molecule has 1 aliphatic carbocycles. The van der Waals surface area contributed by atoms with Crippen molar-refractivity contribution in [1.82, 2.24) is 9.97 Å². The lowest BCUT2D eigenvalue weighted by molar-refractivity contribution is 0.102. The molecular formula is C19H16ClN3O3S2. The Bertz CT molecular complexity index is 1130. The number of hydrogen-bond acceptors (Lipinski definition) is 6. The highest BCUT2D eigenvalue weighted by Crippen LogP contribution is 2.46. The SMILES string of the molecule is O=C(Nc1nc(C2CC2)c(S(=O)(=O)Cc2ccccc2Cl)s1)c1ccccn1. The molecular weight excluding hydrogens is 418 g/mol. The molecule has 1 N–H and O–H groups in total. The van der Waals surface area contributed by atoms with E-state index >= 15 is 0 Å². The molecule has 0 spiro atoms. The van der Waals surface area contributed by atoms with Gasteiger partial charge in [-0.05, 0) is 36.6 Å². The number of anilines is 1. The molecule has 1 fully saturated rings. The number of nitrogens with one attached hydrogen (secondary N) is 1. The van der Waals surface area contributed by atoms with Crippen LogP contribution in [0.15, 0.2) is 52.9 Å². The van der Waals surface area contributed by atoms with Crippen molar-refractivity contribution < 1.29 is 13.2 Å². The van der Waals surface area contributed by atoms with Gasteiger partial charge in [0.25, 0.3) is 5.91 Å². The summed E-state index contributed by atoms with van der Waals surface area (Å²) in [5.41, 5.74) is 1.32. The van der Waals surface area contributed by atoms with E-state index in [-0.39, 0.29) is 26.7 Å². The van der Waals surface area contributed by atoms with E-state index in [9.17, 15) is 13.2 Å². The van der Waals surface area contributed by atoms with E-state index in [0.29, 0.717) is 16.3 Å². The highest BCUT2D eigenvalue weighted by molar-refractivity contribution is 7.92. The number of pyridine rings is 1. The first-order valence-electron chi connectivity index (χ1n) is 8.63. The van der Waals surface area contributed by atoms with Crippen molar-refractivity contribution >= 4 is 43.8 Å². The second kappa shape index (κ2) is 7.62. The molecule has 6 nitrogen and oxygen atoms in total. The number of nitrogens with zero attached hydrogens (tertiary/aromatic N) is 2. The molecule has 2 heterocycles. The summed E-state index contributed by atoms with van der Waals surface area (Å²) in [6.45, 7) is 0. The van der Waals surface area contributed by atoms with Crippen LogP contribution in [0.5, 0.6) is 0 Å². The third-order valence-electron chi connectivity index (χ3n) is 4.29. The van der Waals surface area contributed by atoms with Crippen molar-refractivity contribution in [2.24, 2.45) is 0 Å². The first kappa shape index (κ1) is 19.0. The summed E-state index contributed by atoms with van der Waals surface area (Å²) in [6, 6.07) is 11.9. The molecule has 0 saturated heterocycles. The molecule has 28 heavy (non-hydrogen) atoms. The predicted octanol–water partition coefficient (Wildman–Crippen LogP) is 4.30. The van der Waals surface area contributed by atoms with Gasteiger partial charge in [-0.15, -0.1) is 0 Å². The van der Waals surface area contributed by atoms with Crippen LogP contribution in [0.25, 0.3) is 0 Å². The summed E-state index contributed by atoms with van der Waals surface area (Å²) in [5, 5.41) is 3.33. The number of amides is 1. The number of carbonyl (C=O) groups is 1. The Morgan fingerprint density at radius 1 is 1.18 bits per heavy atom. The molecule has 1 aliphatic rings. The Balaban J connectivity index is 1.63. The lowest BCUT2D eigenvalue weighted by Crippen LogP contribution is -2.13. The second-order valence-corrected chi connectivity index (χ2v) is 10.1. The lowest BCUT2D eigenvalue weighted by atomic mass is 10.2. The van der Waals surface area contributed by atoms with E-state index < -0.39 is 15.7 Å². The number of hydrogen-bond donors (Lipinski definition) is 1. The molecule has 0 bridgehead atoms. The minimum Gasteiger partial charge on any atom is -0.296 e. The van der Waals surface area contributed by atoms with Crippen LogP contribution < -0.4 is 5.32 Å². The molecule has 2 aromatic heterocycles. The standard InChI is InChI=1S/C19H16ClN3O3S2/c20-14-6-2-1-5-13(14)11-28(25,26)18-16(12-8-9-12)22-19(27-18)23-17(24)15-7-3-4-10-21-15/h1-7,10,12H,8-9,11H2,(H,22,23,24). The number of aromatic nitrogens is 2. The van der Waals surface area contributed by atoms with Crippen LogP contribution >= 0.6 is 22.9 Å². The van der Waals surface area contributed by atoms with Crippen molar-refractivity contribution in [2.45, 2.75) is 28.7 Å². The van der Waals surface area contributed by atoms with E-state index in [4.69, 9.17) is 11.6 Å². The molecule has 144 valence electrons. The number of halogens is 1. The number of sulfone groups is 1. The van der Waals surface area contributed by atoms with Crippen LogP contribution in [0, 0.1) is 0 Å². The summed E-state index contributed by atoms with van der Waals surface area (Å²) < 4.78 is 26.3. The van der Waals surface area contributed by atoms with Crippen LogP contribution in [0.1, 0.15) is 40.5 Å². The largest absolute Gasteiger partial charge is 0.296 e. The monoisotopic (exact) mass is 433 g/mol. The third-order valence-corrected chi connectivity index (χ3v) is 7.92. The maximum atomic E-state index is 13.1. The fraction of sp³-hybridized carbons (Fsp3) is 0.211. The molecule has 0 atom stereocenters. The van der Waals surface area contributed by atoms with Crippen LogP contribution in [0.3, 0.4) is 0 Å². The molecule has 1 saturated carbocycles. The van der Waals surface area contributed by atoms with Crippen LogP contribution in [-0.4, -0.2) is 24.3 Å². The lowest BCUT2D eigenvalue weighted by Gasteiger charge is -2.05. The Labute approximate surface area is 171 Å². The molecule has 0 radical (unpaired) electrons. The van der Waals surface area contributed by atoms with Crippen molar-refractivity contribution in [2.75, 3.05) is 5.32 Å². The van der Waals surface area contributed by atoms with Gasteiger partial charge in [-0.25, -0.2) is 13.4 Å². The Morgan fingerprint density at radius 3 is 2.61 bits per heavy atom. The summed E-state index contributed by atoms with van der Waals surface area (Å²) in [4.78, 5) is 20.7. The Morgan fingerprint density at radius 2 is 1.93 bits per heavy atom. The van der Waals surface area contributed by atoms with Gasteiger partial charge in [-0.1, -0.05) is 47.2 Å². The topological polar surface area (TPSA) is 89.0 Å². The van der Waals surface area contributed by atoms with Crippen molar-refractivity contribution in [3.8, 4) is 0 Å². The van der Waals surface area contributed by atoms with E-state index in [1.807, 2.05) is 0 Å². The average Bonchev–Trinajstić information content (AvgIpc) is 3.44. The number of benzene rings is 1. The quantitative estimate of drug-likeness (QED) is 0.626. The summed E-state index contributed by atoms with van der Waals surface area (Å²) in [6.07, 6.45) is 3.31. The first-order valence-corrected chi connectivity index (χ1v) is 11.5. The fourth-order valence-electron chi connectivity index (χ4n) is 2.75. The highest BCUT2D eigenvalue weighted by Gasteiger charge is 2.35. The van der Waals surface area contributed by atoms with E-state index in [2.05, 4.69) is 15.3 Å². The molecule has 4 rings (SSSR count). The van der Waals surface area contributed by atoms with Gasteiger partial charge in [-0.3, -0.25) is 15.1 Å². The molecule has 0 unspecified atom stereocenters. The number of thiazole rings is 1. The maximum Gasteiger partial charge on any atom is 0.276 e. The highest BCUT2D eigenvalue weighted by atomic mass is 35.5. The molecule has 0 aliphatic heterocycles. The van der Waals surface area contributed by atoms with Crippen molar-refractivity contribution in [3.63, 3.8) is 0 Å². The fourth-order valence-corrected chi connectivity index (χ4v) is 6.06. The summed E-state index contributed by atoms with van der Waals surface area (Å²) in [5.74, 6) is -0.512. The summed E-state index contributed by atoms with van der Waals surface area (Å²) in [7, 11) is -3.65. The van der Waals surface area contributed by atoms with Crippen LogP contribution in [0.2, 0.25) is 5.02 Å². The van der Waals surface area contributed by atoms with Gasteiger partial charge in [0.2, 0.25) is 0 Å². The maximum absolute atomic E-state index is 13.1. The van der Waals surface area contributed by atoms with Gasteiger partial charge in [0.1, 0.15) is 9.90 Å². The zero-order valence-corrected chi connectivity index (χ0v) is 17.0. The normalized spacial score (nSPS) is 14.0. The molecule has 3 aromatic rings. The predicted molar refractivity (Wildman–Crippen MR) is 109 cm³/mol. The van der Waals surface area contributed by atoms with Gasteiger partial charge < -0.3 is 0 Å². The molecule has 1 aromatic carbocycles. The van der Waals surface area contributed by atoms with Crippen LogP contribution in [-0.2, 0) is 15.6 Å². The Hall–Kier alpha value is -2.29. The Kier molecular flexibility index (Phi) is 5.18. The first-order chi connectivity index (χ1) is 13.4. The van der Waals surface area contributed by atoms with Gasteiger partial charge in [0.05, 0.1) is 11.4 Å². The van der Waals surface area contributed by atoms with Gasteiger partial charge in [-0.2, -0.15) is 0 Å². The van der Waals surface area contributed by atoms with Crippen molar-refractivity contribution in [3.05, 3.63) is 70.6 Å². The third kappa shape index (κ3) is 4.09. The molecule has 9 heteroatoms. The van der Waals surface area contributed by atoms with Crippen LogP contribution in [0.4, 0.5) is 5.13 Å². The minimum atomic E-state index is -3.65. The second-order valence-electron chi connectivity index (χ2n) is 6.49. The zero-order valence-electron chi connectivity index (χ0n) is 14.6.